The molecule has 150 valence electrons. The Bertz CT molecular complexity index is 811. The molecule has 1 saturated heterocycles. The lowest BCUT2D eigenvalue weighted by molar-refractivity contribution is -0.117. The maximum Gasteiger partial charge on any atom is 0.228 e. The number of carbonyl (C=O) groups excluding carboxylic acids is 1. The Labute approximate surface area is 168 Å². The van der Waals surface area contributed by atoms with E-state index in [9.17, 15) is 4.79 Å². The van der Waals surface area contributed by atoms with E-state index in [2.05, 4.69) is 48.3 Å². The van der Waals surface area contributed by atoms with Crippen molar-refractivity contribution in [2.24, 2.45) is 0 Å². The van der Waals surface area contributed by atoms with E-state index in [-0.39, 0.29) is 5.91 Å². The summed E-state index contributed by atoms with van der Waals surface area (Å²) < 4.78 is 0. The summed E-state index contributed by atoms with van der Waals surface area (Å²) >= 11 is 0. The number of allylic oxidation sites excluding steroid dienone is 2. The van der Waals surface area contributed by atoms with Crippen molar-refractivity contribution in [3.05, 3.63) is 53.4 Å². The lowest BCUT2D eigenvalue weighted by atomic mass is 10.1. The SMILES string of the molecule is C=C(c1ccc(N2CCCC2=O)nc1C)N1CCNN/C=C(C)\C=C(\C)CC1. The van der Waals surface area contributed by atoms with Crippen LogP contribution in [0.25, 0.3) is 5.70 Å². The van der Waals surface area contributed by atoms with Gasteiger partial charge in [0.1, 0.15) is 5.82 Å². The van der Waals surface area contributed by atoms with Gasteiger partial charge in [0, 0.05) is 55.8 Å². The molecule has 3 heterocycles. The highest BCUT2D eigenvalue weighted by molar-refractivity contribution is 5.94. The summed E-state index contributed by atoms with van der Waals surface area (Å²) in [5, 5.41) is 0. The van der Waals surface area contributed by atoms with Crippen LogP contribution in [0.5, 0.6) is 0 Å². The summed E-state index contributed by atoms with van der Waals surface area (Å²) in [4.78, 5) is 20.8. The minimum Gasteiger partial charge on any atom is -0.370 e. The Morgan fingerprint density at radius 2 is 1.96 bits per heavy atom. The zero-order valence-electron chi connectivity index (χ0n) is 17.2. The fraction of sp³-hybridized carbons (Fsp3) is 0.455. The predicted octanol–water partition coefficient (Wildman–Crippen LogP) is 3.14. The van der Waals surface area contributed by atoms with Gasteiger partial charge >= 0.3 is 0 Å². The van der Waals surface area contributed by atoms with Gasteiger partial charge < -0.3 is 10.3 Å². The number of nitrogens with one attached hydrogen (secondary N) is 2. The van der Waals surface area contributed by atoms with Crippen LogP contribution in [0, 0.1) is 6.92 Å². The summed E-state index contributed by atoms with van der Waals surface area (Å²) in [5.41, 5.74) is 11.8. The molecule has 1 fully saturated rings. The molecule has 0 saturated carbocycles. The van der Waals surface area contributed by atoms with E-state index in [0.29, 0.717) is 6.42 Å². The summed E-state index contributed by atoms with van der Waals surface area (Å²) in [7, 11) is 0. The second kappa shape index (κ2) is 9.06. The van der Waals surface area contributed by atoms with E-state index < -0.39 is 0 Å². The molecule has 3 rings (SSSR count). The Morgan fingerprint density at radius 3 is 2.68 bits per heavy atom. The molecule has 0 aromatic carbocycles. The molecular formula is C22H31N5O. The molecule has 1 aromatic rings. The molecule has 0 bridgehead atoms. The Hall–Kier alpha value is -2.60. The van der Waals surface area contributed by atoms with Crippen molar-refractivity contribution in [2.45, 2.75) is 40.0 Å². The molecule has 6 heteroatoms. The van der Waals surface area contributed by atoms with E-state index in [1.807, 2.05) is 19.2 Å². The quantitative estimate of drug-likeness (QED) is 0.842. The second-order valence-corrected chi connectivity index (χ2v) is 7.59. The third-order valence-corrected chi connectivity index (χ3v) is 5.27. The number of nitrogens with zero attached hydrogens (tertiary/aromatic N) is 3. The van der Waals surface area contributed by atoms with Gasteiger partial charge in [0.25, 0.3) is 0 Å². The van der Waals surface area contributed by atoms with Crippen molar-refractivity contribution in [1.29, 1.82) is 0 Å². The van der Waals surface area contributed by atoms with Gasteiger partial charge in [-0.25, -0.2) is 10.4 Å². The minimum atomic E-state index is 0.162. The van der Waals surface area contributed by atoms with Crippen LogP contribution in [0.3, 0.4) is 0 Å². The number of hydrogen-bond acceptors (Lipinski definition) is 5. The Balaban J connectivity index is 1.76. The molecule has 2 aliphatic heterocycles. The third kappa shape index (κ3) is 4.81. The van der Waals surface area contributed by atoms with Crippen molar-refractivity contribution in [1.82, 2.24) is 20.7 Å². The van der Waals surface area contributed by atoms with Gasteiger partial charge in [-0.2, -0.15) is 0 Å². The van der Waals surface area contributed by atoms with Gasteiger partial charge in [0.05, 0.1) is 0 Å². The Morgan fingerprint density at radius 1 is 1.14 bits per heavy atom. The highest BCUT2D eigenvalue weighted by Gasteiger charge is 2.23. The predicted molar refractivity (Wildman–Crippen MR) is 114 cm³/mol. The topological polar surface area (TPSA) is 60.5 Å². The summed E-state index contributed by atoms with van der Waals surface area (Å²) in [6.07, 6.45) is 6.70. The van der Waals surface area contributed by atoms with Gasteiger partial charge in [0.2, 0.25) is 5.91 Å². The number of aryl methyl sites for hydroxylation is 1. The number of hydrazine groups is 1. The van der Waals surface area contributed by atoms with E-state index >= 15 is 0 Å². The van der Waals surface area contributed by atoms with Crippen molar-refractivity contribution in [3.63, 3.8) is 0 Å². The second-order valence-electron chi connectivity index (χ2n) is 7.59. The Kier molecular flexibility index (Phi) is 6.52. The van der Waals surface area contributed by atoms with Crippen molar-refractivity contribution >= 4 is 17.4 Å². The normalized spacial score (nSPS) is 22.6. The van der Waals surface area contributed by atoms with Crippen LogP contribution in [0.4, 0.5) is 5.82 Å². The van der Waals surface area contributed by atoms with Gasteiger partial charge in [-0.1, -0.05) is 18.2 Å². The summed E-state index contributed by atoms with van der Waals surface area (Å²) in [5.74, 6) is 0.913. The van der Waals surface area contributed by atoms with Crippen LogP contribution in [0.2, 0.25) is 0 Å². The molecule has 1 aromatic heterocycles. The van der Waals surface area contributed by atoms with Gasteiger partial charge in [-0.05, 0) is 51.3 Å². The van der Waals surface area contributed by atoms with Crippen LogP contribution in [-0.4, -0.2) is 42.0 Å². The monoisotopic (exact) mass is 381 g/mol. The number of pyridine rings is 1. The van der Waals surface area contributed by atoms with Crippen LogP contribution in [0.15, 0.2) is 42.1 Å². The zero-order valence-corrected chi connectivity index (χ0v) is 17.2. The smallest absolute Gasteiger partial charge is 0.228 e. The van der Waals surface area contributed by atoms with Gasteiger partial charge in [0.15, 0.2) is 0 Å². The number of aromatic nitrogens is 1. The lowest BCUT2D eigenvalue weighted by Gasteiger charge is -2.28. The molecular weight excluding hydrogens is 350 g/mol. The molecule has 0 spiro atoms. The highest BCUT2D eigenvalue weighted by atomic mass is 16.2. The van der Waals surface area contributed by atoms with E-state index in [0.717, 1.165) is 61.8 Å². The van der Waals surface area contributed by atoms with Crippen LogP contribution in [0.1, 0.15) is 44.4 Å². The number of hydrogen-bond donors (Lipinski definition) is 2. The third-order valence-electron chi connectivity index (χ3n) is 5.27. The van der Waals surface area contributed by atoms with Gasteiger partial charge in [-0.15, -0.1) is 0 Å². The number of rotatable bonds is 3. The lowest BCUT2D eigenvalue weighted by Crippen LogP contribution is -2.36. The molecule has 1 amide bonds. The number of carbonyl (C=O) groups is 1. The van der Waals surface area contributed by atoms with Crippen LogP contribution in [-0.2, 0) is 4.79 Å². The fourth-order valence-electron chi connectivity index (χ4n) is 3.69. The summed E-state index contributed by atoms with van der Waals surface area (Å²) in [6.45, 7) is 13.9. The maximum atomic E-state index is 12.0. The van der Waals surface area contributed by atoms with Crippen LogP contribution >= 0.6 is 0 Å². The van der Waals surface area contributed by atoms with Crippen molar-refractivity contribution in [2.75, 3.05) is 31.1 Å². The molecule has 0 radical (unpaired) electrons. The first-order chi connectivity index (χ1) is 13.5. The molecule has 28 heavy (non-hydrogen) atoms. The maximum absolute atomic E-state index is 12.0. The molecule has 6 nitrogen and oxygen atoms in total. The molecule has 2 aliphatic rings. The first-order valence-corrected chi connectivity index (χ1v) is 10.0. The first-order valence-electron chi connectivity index (χ1n) is 10.0. The van der Waals surface area contributed by atoms with E-state index in [1.54, 1.807) is 4.90 Å². The average Bonchev–Trinajstić information content (AvgIpc) is 3.07. The minimum absolute atomic E-state index is 0.162. The molecule has 0 atom stereocenters. The average molecular weight is 382 g/mol. The largest absolute Gasteiger partial charge is 0.370 e. The summed E-state index contributed by atoms with van der Waals surface area (Å²) in [6, 6.07) is 4.00. The highest BCUT2D eigenvalue weighted by Crippen LogP contribution is 2.26. The molecule has 2 N–H and O–H groups in total. The van der Waals surface area contributed by atoms with Crippen molar-refractivity contribution in [3.8, 4) is 0 Å². The van der Waals surface area contributed by atoms with E-state index in [4.69, 9.17) is 4.98 Å². The first kappa shape index (κ1) is 20.1. The number of amides is 1. The number of anilines is 1. The molecule has 0 aliphatic carbocycles. The van der Waals surface area contributed by atoms with Crippen molar-refractivity contribution < 1.29 is 4.79 Å². The standard InChI is InChI=1S/C22H31N5O/c1-16-9-12-26(13-10-23-24-15-17(2)14-16)19(4)20-7-8-21(25-18(20)3)27-11-5-6-22(27)28/h7-8,14-15,23-24H,4-6,9-13H2,1-3H3/b16-14-,17-15-. The van der Waals surface area contributed by atoms with Crippen LogP contribution < -0.4 is 15.8 Å². The van der Waals surface area contributed by atoms with Gasteiger partial charge in [-0.3, -0.25) is 9.69 Å². The molecule has 0 unspecified atom stereocenters. The zero-order chi connectivity index (χ0) is 20.1. The fourth-order valence-corrected chi connectivity index (χ4v) is 3.69. The van der Waals surface area contributed by atoms with E-state index in [1.165, 1.54) is 11.1 Å².